The van der Waals surface area contributed by atoms with Crippen LogP contribution >= 0.6 is 11.3 Å². The Balaban J connectivity index is 1.65. The number of nitrogen functional groups attached to an aromatic ring is 1. The molecule has 0 unspecified atom stereocenters. The van der Waals surface area contributed by atoms with E-state index in [4.69, 9.17) is 5.73 Å². The summed E-state index contributed by atoms with van der Waals surface area (Å²) in [6.07, 6.45) is 0.970. The van der Waals surface area contributed by atoms with Gasteiger partial charge in [-0.1, -0.05) is 6.92 Å². The zero-order valence-electron chi connectivity index (χ0n) is 13.6. The Morgan fingerprint density at radius 3 is 2.71 bits per heavy atom. The molecule has 1 aliphatic rings. The highest BCUT2D eigenvalue weighted by molar-refractivity contribution is 7.09. The number of piperazine rings is 1. The highest BCUT2D eigenvalue weighted by atomic mass is 32.1. The van der Waals surface area contributed by atoms with Gasteiger partial charge in [0.15, 0.2) is 0 Å². The highest BCUT2D eigenvalue weighted by Gasteiger charge is 2.24. The first-order valence-electron chi connectivity index (χ1n) is 8.01. The van der Waals surface area contributed by atoms with E-state index in [0.717, 1.165) is 44.8 Å². The van der Waals surface area contributed by atoms with Crippen molar-refractivity contribution in [3.63, 3.8) is 0 Å². The van der Waals surface area contributed by atoms with Gasteiger partial charge in [0.05, 0.1) is 15.6 Å². The van der Waals surface area contributed by atoms with E-state index in [-0.39, 0.29) is 10.6 Å². The second-order valence-corrected chi connectivity index (χ2v) is 6.80. The van der Waals surface area contributed by atoms with E-state index in [2.05, 4.69) is 22.2 Å². The molecule has 2 aromatic rings. The van der Waals surface area contributed by atoms with Crippen LogP contribution in [-0.4, -0.2) is 41.0 Å². The first-order valence-corrected chi connectivity index (χ1v) is 8.89. The van der Waals surface area contributed by atoms with E-state index in [1.807, 2.05) is 4.90 Å². The number of hydrogen-bond donors (Lipinski definition) is 1. The van der Waals surface area contributed by atoms with E-state index in [1.165, 1.54) is 11.1 Å². The van der Waals surface area contributed by atoms with Crippen molar-refractivity contribution in [2.75, 3.05) is 36.8 Å². The number of thiazole rings is 1. The van der Waals surface area contributed by atoms with E-state index in [0.29, 0.717) is 11.4 Å². The maximum absolute atomic E-state index is 11.2. The van der Waals surface area contributed by atoms with Gasteiger partial charge in [-0.25, -0.2) is 4.98 Å². The summed E-state index contributed by atoms with van der Waals surface area (Å²) in [4.78, 5) is 19.9. The zero-order valence-corrected chi connectivity index (χ0v) is 14.5. The van der Waals surface area contributed by atoms with Gasteiger partial charge in [-0.3, -0.25) is 15.0 Å². The van der Waals surface area contributed by atoms with Crippen LogP contribution in [0.5, 0.6) is 0 Å². The maximum atomic E-state index is 11.2. The third kappa shape index (κ3) is 3.65. The van der Waals surface area contributed by atoms with Gasteiger partial charge in [0.2, 0.25) is 0 Å². The predicted molar refractivity (Wildman–Crippen MR) is 96.5 cm³/mol. The fourth-order valence-electron chi connectivity index (χ4n) is 2.91. The minimum absolute atomic E-state index is 0.115. The molecule has 0 radical (unpaired) electrons. The van der Waals surface area contributed by atoms with Crippen molar-refractivity contribution < 1.29 is 4.92 Å². The number of nitro groups is 1. The summed E-state index contributed by atoms with van der Waals surface area (Å²) in [5, 5.41) is 14.5. The minimum atomic E-state index is -0.345. The average molecular weight is 347 g/mol. The Bertz CT molecular complexity index is 725. The third-order valence-electron chi connectivity index (χ3n) is 4.20. The lowest BCUT2D eigenvalue weighted by molar-refractivity contribution is -0.384. The van der Waals surface area contributed by atoms with Gasteiger partial charge in [-0.05, 0) is 18.6 Å². The number of nitrogens with two attached hydrogens (primary N) is 1. The molecule has 24 heavy (non-hydrogen) atoms. The van der Waals surface area contributed by atoms with Gasteiger partial charge in [0.1, 0.15) is 5.69 Å². The molecule has 128 valence electrons. The monoisotopic (exact) mass is 347 g/mol. The number of nitro benzene ring substituents is 1. The fourth-order valence-corrected chi connectivity index (χ4v) is 3.64. The average Bonchev–Trinajstić information content (AvgIpc) is 3.03. The Labute approximate surface area is 144 Å². The molecule has 7 nitrogen and oxygen atoms in total. The number of anilines is 2. The summed E-state index contributed by atoms with van der Waals surface area (Å²) in [6, 6.07) is 4.76. The van der Waals surface area contributed by atoms with Crippen LogP contribution in [0, 0.1) is 10.1 Å². The molecule has 0 atom stereocenters. The van der Waals surface area contributed by atoms with Crippen molar-refractivity contribution in [1.82, 2.24) is 9.88 Å². The smallest absolute Gasteiger partial charge is 0.292 e. The van der Waals surface area contributed by atoms with Crippen LogP contribution in [0.1, 0.15) is 17.6 Å². The fraction of sp³-hybridized carbons (Fsp3) is 0.438. The van der Waals surface area contributed by atoms with Crippen LogP contribution in [0.2, 0.25) is 0 Å². The van der Waals surface area contributed by atoms with E-state index >= 15 is 0 Å². The maximum Gasteiger partial charge on any atom is 0.292 e. The first kappa shape index (κ1) is 16.7. The largest absolute Gasteiger partial charge is 0.399 e. The number of nitrogens with zero attached hydrogens (tertiary/aromatic N) is 4. The predicted octanol–water partition coefficient (Wildman–Crippen LogP) is 2.52. The van der Waals surface area contributed by atoms with Crippen molar-refractivity contribution in [3.05, 3.63) is 44.4 Å². The summed E-state index contributed by atoms with van der Waals surface area (Å²) in [7, 11) is 0. The molecule has 0 spiro atoms. The van der Waals surface area contributed by atoms with Crippen molar-refractivity contribution in [2.24, 2.45) is 0 Å². The number of aromatic nitrogens is 1. The van der Waals surface area contributed by atoms with Gasteiger partial charge >= 0.3 is 0 Å². The molecular formula is C16H21N5O2S. The molecule has 0 saturated carbocycles. The standard InChI is InChI=1S/C16H21N5O2S/c1-2-16-18-13(11-24-16)10-19-5-7-20(8-6-19)15-9-12(17)3-4-14(15)21(22)23/h3-4,9,11H,2,5-8,10,17H2,1H3. The summed E-state index contributed by atoms with van der Waals surface area (Å²) < 4.78 is 0. The van der Waals surface area contributed by atoms with Crippen LogP contribution in [-0.2, 0) is 13.0 Å². The summed E-state index contributed by atoms with van der Waals surface area (Å²) in [6.45, 7) is 6.14. The lowest BCUT2D eigenvalue weighted by Gasteiger charge is -2.35. The quantitative estimate of drug-likeness (QED) is 0.508. The Morgan fingerprint density at radius 1 is 1.33 bits per heavy atom. The lowest BCUT2D eigenvalue weighted by atomic mass is 10.2. The summed E-state index contributed by atoms with van der Waals surface area (Å²) in [5.41, 5.74) is 8.20. The Morgan fingerprint density at radius 2 is 2.08 bits per heavy atom. The lowest BCUT2D eigenvalue weighted by Crippen LogP contribution is -2.46. The number of rotatable bonds is 5. The molecule has 0 aliphatic carbocycles. The number of aryl methyl sites for hydroxylation is 1. The molecule has 0 bridgehead atoms. The van der Waals surface area contributed by atoms with Crippen LogP contribution in [0.15, 0.2) is 23.6 Å². The number of hydrogen-bond acceptors (Lipinski definition) is 7. The topological polar surface area (TPSA) is 88.5 Å². The molecule has 1 aromatic heterocycles. The zero-order chi connectivity index (χ0) is 17.1. The molecule has 2 N–H and O–H groups in total. The van der Waals surface area contributed by atoms with Gasteiger partial charge in [0, 0.05) is 49.9 Å². The molecule has 1 aliphatic heterocycles. The van der Waals surface area contributed by atoms with Crippen LogP contribution < -0.4 is 10.6 Å². The molecule has 2 heterocycles. The van der Waals surface area contributed by atoms with Gasteiger partial charge in [-0.2, -0.15) is 0 Å². The minimum Gasteiger partial charge on any atom is -0.399 e. The number of benzene rings is 1. The molecule has 3 rings (SSSR count). The van der Waals surface area contributed by atoms with Crippen molar-refractivity contribution in [1.29, 1.82) is 0 Å². The van der Waals surface area contributed by atoms with Gasteiger partial charge in [0.25, 0.3) is 5.69 Å². The SMILES string of the molecule is CCc1nc(CN2CCN(c3cc(N)ccc3[N+](=O)[O-])CC2)cs1. The van der Waals surface area contributed by atoms with E-state index < -0.39 is 0 Å². The summed E-state index contributed by atoms with van der Waals surface area (Å²) in [5.74, 6) is 0. The molecule has 1 fully saturated rings. The van der Waals surface area contributed by atoms with Gasteiger partial charge < -0.3 is 10.6 Å². The van der Waals surface area contributed by atoms with Crippen LogP contribution in [0.4, 0.5) is 17.1 Å². The third-order valence-corrected chi connectivity index (χ3v) is 5.24. The molecular weight excluding hydrogens is 326 g/mol. The second-order valence-electron chi connectivity index (χ2n) is 5.85. The van der Waals surface area contributed by atoms with E-state index in [9.17, 15) is 10.1 Å². The Hall–Kier alpha value is -2.19. The summed E-state index contributed by atoms with van der Waals surface area (Å²) >= 11 is 1.71. The van der Waals surface area contributed by atoms with E-state index in [1.54, 1.807) is 23.5 Å². The molecule has 1 aromatic carbocycles. The van der Waals surface area contributed by atoms with Crippen molar-refractivity contribution in [2.45, 2.75) is 19.9 Å². The van der Waals surface area contributed by atoms with Crippen molar-refractivity contribution >= 4 is 28.4 Å². The molecule has 8 heteroatoms. The second kappa shape index (κ2) is 7.14. The molecule has 1 saturated heterocycles. The van der Waals surface area contributed by atoms with Crippen LogP contribution in [0.3, 0.4) is 0 Å². The van der Waals surface area contributed by atoms with Crippen LogP contribution in [0.25, 0.3) is 0 Å². The molecule has 0 amide bonds. The Kier molecular flexibility index (Phi) is 4.96. The van der Waals surface area contributed by atoms with Gasteiger partial charge in [-0.15, -0.1) is 11.3 Å². The van der Waals surface area contributed by atoms with Crippen molar-refractivity contribution in [3.8, 4) is 0 Å². The first-order chi connectivity index (χ1) is 11.6. The highest BCUT2D eigenvalue weighted by Crippen LogP contribution is 2.31. The normalized spacial score (nSPS) is 15.6.